The molecule has 0 fully saturated rings. The average molecular weight is 283 g/mol. The Morgan fingerprint density at radius 3 is 2.71 bits per heavy atom. The number of nitrogens with zero attached hydrogens (tertiary/aromatic N) is 1. The molecule has 0 spiro atoms. The van der Waals surface area contributed by atoms with Crippen LogP contribution in [0.1, 0.15) is 62.7 Å². The monoisotopic (exact) mass is 283 g/mol. The van der Waals surface area contributed by atoms with E-state index in [0.29, 0.717) is 0 Å². The van der Waals surface area contributed by atoms with Gasteiger partial charge in [-0.15, -0.1) is 0 Å². The maximum Gasteiger partial charge on any atom is 0.173 e. The molecule has 1 atom stereocenters. The molecule has 0 aromatic heterocycles. The van der Waals surface area contributed by atoms with E-state index < -0.39 is 0 Å². The van der Waals surface area contributed by atoms with Gasteiger partial charge in [-0.1, -0.05) is 50.8 Å². The molecule has 0 N–H and O–H groups in total. The Kier molecular flexibility index (Phi) is 5.91. The Morgan fingerprint density at radius 1 is 1.14 bits per heavy atom. The number of unbranched alkanes of at least 4 members (excludes halogenated alkanes) is 5. The number of para-hydroxylation sites is 1. The van der Waals surface area contributed by atoms with Crippen molar-refractivity contribution in [1.29, 1.82) is 0 Å². The fraction of sp³-hybridized carbons (Fsp3) is 0.474. The second-order valence-corrected chi connectivity index (χ2v) is 5.75. The standard InChI is InChI=1S/C19H25NO/c1-3-4-5-6-7-8-9-13-17-15(2)19(21)16-12-10-11-14-18(16)20-17/h9-15H,3-8H2,1-2H3/b13-9-. The van der Waals surface area contributed by atoms with Gasteiger partial charge in [0.25, 0.3) is 0 Å². The minimum absolute atomic E-state index is 0.128. The zero-order chi connectivity index (χ0) is 15.1. The summed E-state index contributed by atoms with van der Waals surface area (Å²) in [5.41, 5.74) is 2.46. The second-order valence-electron chi connectivity index (χ2n) is 5.75. The number of aliphatic imine (C=N–C) groups is 1. The number of carbonyl (C=O) groups is 1. The van der Waals surface area contributed by atoms with E-state index in [1.807, 2.05) is 37.3 Å². The van der Waals surface area contributed by atoms with Crippen LogP contribution in [0.2, 0.25) is 0 Å². The van der Waals surface area contributed by atoms with Crippen LogP contribution in [0, 0.1) is 5.92 Å². The van der Waals surface area contributed by atoms with Crippen molar-refractivity contribution in [3.63, 3.8) is 0 Å². The molecule has 0 bridgehead atoms. The van der Waals surface area contributed by atoms with Crippen LogP contribution in [0.15, 0.2) is 41.4 Å². The highest BCUT2D eigenvalue weighted by Crippen LogP contribution is 2.28. The highest BCUT2D eigenvalue weighted by atomic mass is 16.1. The van der Waals surface area contributed by atoms with Crippen molar-refractivity contribution in [2.75, 3.05) is 0 Å². The summed E-state index contributed by atoms with van der Waals surface area (Å²) in [5.74, 6) is 0.0550. The zero-order valence-electron chi connectivity index (χ0n) is 13.1. The van der Waals surface area contributed by atoms with Crippen molar-refractivity contribution < 1.29 is 4.79 Å². The molecule has 0 saturated carbocycles. The number of rotatable bonds is 7. The van der Waals surface area contributed by atoms with Gasteiger partial charge in [0, 0.05) is 5.56 Å². The number of benzene rings is 1. The van der Waals surface area contributed by atoms with Crippen LogP contribution in [-0.2, 0) is 0 Å². The third-order valence-corrected chi connectivity index (χ3v) is 4.02. The van der Waals surface area contributed by atoms with Crippen LogP contribution >= 0.6 is 0 Å². The van der Waals surface area contributed by atoms with Crippen molar-refractivity contribution in [2.45, 2.75) is 52.4 Å². The molecule has 0 saturated heterocycles. The average Bonchev–Trinajstić information content (AvgIpc) is 2.51. The first-order valence-electron chi connectivity index (χ1n) is 8.12. The number of allylic oxidation sites excluding steroid dienone is 2. The molecule has 1 aromatic rings. The SMILES string of the molecule is CCCCCCC/C=C\C1=Nc2ccccc2C(=O)C1C. The summed E-state index contributed by atoms with van der Waals surface area (Å²) in [5, 5.41) is 0. The first kappa shape index (κ1) is 15.7. The number of fused-ring (bicyclic) bond motifs is 1. The maximum absolute atomic E-state index is 12.3. The lowest BCUT2D eigenvalue weighted by Crippen LogP contribution is -2.23. The van der Waals surface area contributed by atoms with E-state index in [1.54, 1.807) is 0 Å². The summed E-state index contributed by atoms with van der Waals surface area (Å²) in [6.45, 7) is 4.18. The lowest BCUT2D eigenvalue weighted by atomic mass is 9.90. The fourth-order valence-corrected chi connectivity index (χ4v) is 2.63. The van der Waals surface area contributed by atoms with Crippen LogP contribution < -0.4 is 0 Å². The van der Waals surface area contributed by atoms with Gasteiger partial charge >= 0.3 is 0 Å². The third kappa shape index (κ3) is 4.13. The first-order valence-corrected chi connectivity index (χ1v) is 8.12. The van der Waals surface area contributed by atoms with Gasteiger partial charge in [0.1, 0.15) is 0 Å². The van der Waals surface area contributed by atoms with Gasteiger partial charge in [0.15, 0.2) is 5.78 Å². The van der Waals surface area contributed by atoms with E-state index in [9.17, 15) is 4.79 Å². The van der Waals surface area contributed by atoms with E-state index >= 15 is 0 Å². The summed E-state index contributed by atoms with van der Waals surface area (Å²) >= 11 is 0. The smallest absolute Gasteiger partial charge is 0.173 e. The van der Waals surface area contributed by atoms with E-state index in [4.69, 9.17) is 0 Å². The lowest BCUT2D eigenvalue weighted by Gasteiger charge is -2.18. The zero-order valence-corrected chi connectivity index (χ0v) is 13.1. The molecule has 112 valence electrons. The van der Waals surface area contributed by atoms with Crippen molar-refractivity contribution in [2.24, 2.45) is 10.9 Å². The van der Waals surface area contributed by atoms with Crippen molar-refractivity contribution in [3.05, 3.63) is 42.0 Å². The van der Waals surface area contributed by atoms with Gasteiger partial charge < -0.3 is 0 Å². The number of Topliss-reactive ketones (excluding diaryl/α,β-unsaturated/α-hetero) is 1. The van der Waals surface area contributed by atoms with Crippen molar-refractivity contribution >= 4 is 17.2 Å². The fourth-order valence-electron chi connectivity index (χ4n) is 2.63. The quantitative estimate of drug-likeness (QED) is 0.607. The molecule has 0 radical (unpaired) electrons. The van der Waals surface area contributed by atoms with E-state index in [0.717, 1.165) is 23.4 Å². The van der Waals surface area contributed by atoms with Crippen LogP contribution in [0.5, 0.6) is 0 Å². The molecule has 2 rings (SSSR count). The Hall–Kier alpha value is -1.70. The molecule has 0 amide bonds. The topological polar surface area (TPSA) is 29.4 Å². The summed E-state index contributed by atoms with van der Waals surface area (Å²) in [6, 6.07) is 7.61. The van der Waals surface area contributed by atoms with Crippen LogP contribution in [0.25, 0.3) is 0 Å². The van der Waals surface area contributed by atoms with E-state index in [1.165, 1.54) is 32.1 Å². The minimum atomic E-state index is -0.128. The Labute approximate surface area is 128 Å². The summed E-state index contributed by atoms with van der Waals surface area (Å²) in [6.07, 6.45) is 11.7. The Balaban J connectivity index is 1.94. The van der Waals surface area contributed by atoms with Crippen LogP contribution in [-0.4, -0.2) is 11.5 Å². The Bertz CT molecular complexity index is 542. The first-order chi connectivity index (χ1) is 10.2. The summed E-state index contributed by atoms with van der Waals surface area (Å²) < 4.78 is 0. The molecule has 1 aromatic carbocycles. The van der Waals surface area contributed by atoms with Gasteiger partial charge in [-0.25, -0.2) is 0 Å². The van der Waals surface area contributed by atoms with Gasteiger partial charge in [-0.05, 0) is 38.0 Å². The molecule has 0 aliphatic carbocycles. The second kappa shape index (κ2) is 7.92. The van der Waals surface area contributed by atoms with Gasteiger partial charge in [0.05, 0.1) is 17.3 Å². The van der Waals surface area contributed by atoms with Crippen LogP contribution in [0.4, 0.5) is 5.69 Å². The predicted octanol–water partition coefficient (Wildman–Crippen LogP) is 5.51. The normalized spacial score (nSPS) is 17.9. The predicted molar refractivity (Wildman–Crippen MR) is 89.5 cm³/mol. The van der Waals surface area contributed by atoms with Gasteiger partial charge in [0.2, 0.25) is 0 Å². The van der Waals surface area contributed by atoms with Crippen molar-refractivity contribution in [1.82, 2.24) is 0 Å². The minimum Gasteiger partial charge on any atom is -0.293 e. The number of ketones is 1. The molecule has 2 heteroatoms. The van der Waals surface area contributed by atoms with Crippen molar-refractivity contribution in [3.8, 4) is 0 Å². The molecule has 1 heterocycles. The highest BCUT2D eigenvalue weighted by molar-refractivity contribution is 6.20. The van der Waals surface area contributed by atoms with E-state index in [-0.39, 0.29) is 11.7 Å². The Morgan fingerprint density at radius 2 is 1.90 bits per heavy atom. The molecule has 1 aliphatic rings. The third-order valence-electron chi connectivity index (χ3n) is 4.02. The highest BCUT2D eigenvalue weighted by Gasteiger charge is 2.25. The summed E-state index contributed by atoms with van der Waals surface area (Å²) in [4.78, 5) is 17.0. The van der Waals surface area contributed by atoms with E-state index in [2.05, 4.69) is 18.0 Å². The maximum atomic E-state index is 12.3. The van der Waals surface area contributed by atoms with Gasteiger partial charge in [-0.3, -0.25) is 9.79 Å². The number of hydrogen-bond donors (Lipinski definition) is 0. The molecule has 1 unspecified atom stereocenters. The molecule has 1 aliphatic heterocycles. The summed E-state index contributed by atoms with van der Waals surface area (Å²) in [7, 11) is 0. The number of carbonyl (C=O) groups excluding carboxylic acids is 1. The molecule has 21 heavy (non-hydrogen) atoms. The molecular formula is C19H25NO. The lowest BCUT2D eigenvalue weighted by molar-refractivity contribution is 0.0960. The largest absolute Gasteiger partial charge is 0.293 e. The number of hydrogen-bond acceptors (Lipinski definition) is 2. The van der Waals surface area contributed by atoms with Gasteiger partial charge in [-0.2, -0.15) is 0 Å². The molecular weight excluding hydrogens is 258 g/mol. The molecule has 2 nitrogen and oxygen atoms in total. The van der Waals surface area contributed by atoms with Crippen LogP contribution in [0.3, 0.4) is 0 Å².